The van der Waals surface area contributed by atoms with Crippen LogP contribution in [0, 0.1) is 0 Å². The molecule has 1 aliphatic rings. The van der Waals surface area contributed by atoms with Gasteiger partial charge in [0.25, 0.3) is 0 Å². The topological polar surface area (TPSA) is 12.0 Å². The summed E-state index contributed by atoms with van der Waals surface area (Å²) in [7, 11) is -10.8. The van der Waals surface area contributed by atoms with Gasteiger partial charge in [0.05, 0.1) is 46.0 Å². The maximum atomic E-state index is 5.30. The Morgan fingerprint density at radius 2 is 0.607 bits per heavy atom. The lowest BCUT2D eigenvalue weighted by atomic mass is 9.91. The van der Waals surface area contributed by atoms with Crippen LogP contribution in [0.1, 0.15) is 255 Å². The monoisotopic (exact) mass is 1310 g/mol. The van der Waals surface area contributed by atoms with Crippen molar-refractivity contribution in [2.24, 2.45) is 0 Å². The summed E-state index contributed by atoms with van der Waals surface area (Å²) in [5, 5.41) is 13.5. The van der Waals surface area contributed by atoms with Crippen LogP contribution in [0.5, 0.6) is 0 Å². The highest BCUT2D eigenvalue weighted by Crippen LogP contribution is 2.64. The van der Waals surface area contributed by atoms with Crippen molar-refractivity contribution in [2.45, 2.75) is 335 Å². The molecule has 0 amide bonds. The second kappa shape index (κ2) is 40.2. The largest absolute Gasteiger partial charge is 0.154 e. The van der Waals surface area contributed by atoms with Crippen molar-refractivity contribution in [2.75, 3.05) is 0 Å². The molecule has 0 spiro atoms. The van der Waals surface area contributed by atoms with E-state index in [2.05, 4.69) is 204 Å². The molecule has 7 heteroatoms. The predicted octanol–water partition coefficient (Wildman–Crippen LogP) is 23.0. The number of fused-ring (bicyclic) bond motifs is 1. The van der Waals surface area contributed by atoms with Crippen LogP contribution >= 0.6 is 15.5 Å². The van der Waals surface area contributed by atoms with Gasteiger partial charge in [0.1, 0.15) is 10.6 Å². The van der Waals surface area contributed by atoms with E-state index in [4.69, 9.17) is 4.86 Å². The van der Waals surface area contributed by atoms with Crippen LogP contribution < -0.4 is 46.8 Å². The smallest absolute Gasteiger partial charge is 0.153 e. The second-order valence-electron chi connectivity index (χ2n) is 28.9. The lowest BCUT2D eigenvalue weighted by Gasteiger charge is -2.41. The fourth-order valence-corrected chi connectivity index (χ4v) is 47.7. The van der Waals surface area contributed by atoms with Gasteiger partial charge in [-0.1, -0.05) is 428 Å². The number of nitrogens with one attached hydrogen (secondary N) is 1. The van der Waals surface area contributed by atoms with Gasteiger partial charge in [-0.05, 0) is 58.8 Å². The molecular formula is C82H136NP2Si4+. The van der Waals surface area contributed by atoms with Gasteiger partial charge in [0.15, 0.2) is 7.41 Å². The normalized spacial score (nSPS) is 14.2. The standard InChI is InChI=1S/C82H136NP2Si4/c1-13-25-57-86(58-26-14-2,59-27-15-3)79-53-49-76(50-54-79)85(78-48-47-72-41-37-38-42-73(72)69-78,77-51-55-80(56-52-77)87(60-28-16-4,61-29-17-5)62-30-18-6)83-84(74-43-39-45-81(70-74)88(63-31-19-7,64-32-20-8)65-33-21-9)75-44-40-46-82(71-75)89(66-34-22-10,67-35-23-11)68-36-24-12/h37-46,49-56,70-71,78,83H,13-36,47-48,57-69H2,1-12H3/q+1. The Balaban J connectivity index is 1.79. The summed E-state index contributed by atoms with van der Waals surface area (Å²) in [6.07, 6.45) is 35.5. The highest BCUT2D eigenvalue weighted by molar-refractivity contribution is 7.96. The molecule has 1 aliphatic carbocycles. The lowest BCUT2D eigenvalue weighted by molar-refractivity contribution is 0.690. The first-order valence-electron chi connectivity index (χ1n) is 38.5. The molecule has 5 aromatic rings. The van der Waals surface area contributed by atoms with E-state index in [1.165, 1.54) is 233 Å². The van der Waals surface area contributed by atoms with E-state index in [0.717, 1.165) is 12.8 Å². The van der Waals surface area contributed by atoms with Gasteiger partial charge in [0, 0.05) is 6.42 Å². The minimum Gasteiger partial charge on any atom is -0.154 e. The zero-order valence-electron chi connectivity index (χ0n) is 60.1. The van der Waals surface area contributed by atoms with E-state index in [9.17, 15) is 0 Å². The van der Waals surface area contributed by atoms with Gasteiger partial charge in [-0.2, -0.15) is 4.86 Å². The maximum absolute atomic E-state index is 5.30. The molecule has 5 aromatic carbocycles. The Morgan fingerprint density at radius 1 is 0.326 bits per heavy atom. The Morgan fingerprint density at radius 3 is 0.899 bits per heavy atom. The van der Waals surface area contributed by atoms with E-state index in [0.29, 0.717) is 5.66 Å². The molecule has 1 nitrogen and oxygen atoms in total. The van der Waals surface area contributed by atoms with E-state index in [1.807, 2.05) is 0 Å². The summed E-state index contributed by atoms with van der Waals surface area (Å²) in [4.78, 5) is 5.30. The molecule has 0 saturated heterocycles. The van der Waals surface area contributed by atoms with Crippen molar-refractivity contribution < 1.29 is 0 Å². The SMILES string of the molecule is CCCC[Si](CCCC)(CCCC)c1ccc([P+](NP(c2cccc([Si](CCCC)(CCCC)CCCC)c2)c2cccc([Si](CCCC)(CCCC)CCCC)c2)(c2ccc([Si](CCCC)(CCCC)CCCC)cc2)C2CCc3ccccc3C2)cc1. The van der Waals surface area contributed by atoms with Gasteiger partial charge >= 0.3 is 0 Å². The van der Waals surface area contributed by atoms with Gasteiger partial charge in [-0.3, -0.25) is 0 Å². The summed E-state index contributed by atoms with van der Waals surface area (Å²) in [5.74, 6) is 0. The summed E-state index contributed by atoms with van der Waals surface area (Å²) in [6.45, 7) is 29.4. The van der Waals surface area contributed by atoms with Crippen LogP contribution in [0.2, 0.25) is 72.5 Å². The summed E-state index contributed by atoms with van der Waals surface area (Å²) in [6, 6.07) is 71.1. The maximum Gasteiger partial charge on any atom is 0.153 e. The third kappa shape index (κ3) is 20.2. The molecule has 0 radical (unpaired) electrons. The van der Waals surface area contributed by atoms with Crippen molar-refractivity contribution >= 4 is 89.7 Å². The van der Waals surface area contributed by atoms with Gasteiger partial charge in [0.2, 0.25) is 0 Å². The highest BCUT2D eigenvalue weighted by Gasteiger charge is 2.54. The Kier molecular flexibility index (Phi) is 34.3. The number of hydrogen-bond acceptors (Lipinski definition) is 1. The van der Waals surface area contributed by atoms with Crippen LogP contribution in [0.3, 0.4) is 0 Å². The zero-order chi connectivity index (χ0) is 63.9. The summed E-state index contributed by atoms with van der Waals surface area (Å²) >= 11 is 0. The highest BCUT2D eigenvalue weighted by atomic mass is 31.2. The first-order chi connectivity index (χ1) is 43.5. The molecule has 1 atom stereocenters. The number of hydrogen-bond donors (Lipinski definition) is 1. The second-order valence-corrected chi connectivity index (χ2v) is 53.1. The van der Waals surface area contributed by atoms with Crippen LogP contribution in [-0.2, 0) is 12.8 Å². The molecule has 0 saturated carbocycles. The van der Waals surface area contributed by atoms with Crippen LogP contribution in [0.4, 0.5) is 0 Å². The van der Waals surface area contributed by atoms with Crippen LogP contribution in [-0.4, -0.2) is 38.0 Å². The molecule has 6 rings (SSSR count). The van der Waals surface area contributed by atoms with Crippen molar-refractivity contribution in [1.82, 2.24) is 4.86 Å². The predicted molar refractivity (Wildman–Crippen MR) is 422 cm³/mol. The van der Waals surface area contributed by atoms with Gasteiger partial charge in [-0.15, -0.1) is 0 Å². The van der Waals surface area contributed by atoms with Crippen molar-refractivity contribution in [3.05, 3.63) is 132 Å². The third-order valence-corrected chi connectivity index (χ3v) is 51.8. The molecule has 0 aliphatic heterocycles. The Hall–Kier alpha value is -2.21. The number of aryl methyl sites for hydroxylation is 1. The molecule has 1 unspecified atom stereocenters. The summed E-state index contributed by atoms with van der Waals surface area (Å²) < 4.78 is 0. The Bertz CT molecular complexity index is 2460. The van der Waals surface area contributed by atoms with Crippen molar-refractivity contribution in [1.29, 1.82) is 0 Å². The van der Waals surface area contributed by atoms with Crippen molar-refractivity contribution in [3.63, 3.8) is 0 Å². The molecule has 0 bridgehead atoms. The minimum atomic E-state index is -2.47. The average Bonchev–Trinajstić information content (AvgIpc) is 0.807. The van der Waals surface area contributed by atoms with E-state index >= 15 is 0 Å². The molecule has 494 valence electrons. The molecule has 0 heterocycles. The third-order valence-electron chi connectivity index (χ3n) is 22.4. The first kappa shape index (κ1) is 75.8. The van der Waals surface area contributed by atoms with Crippen LogP contribution in [0.15, 0.2) is 121 Å². The van der Waals surface area contributed by atoms with Crippen LogP contribution in [0.25, 0.3) is 0 Å². The Labute approximate surface area is 557 Å². The van der Waals surface area contributed by atoms with E-state index in [-0.39, 0.29) is 0 Å². The van der Waals surface area contributed by atoms with Crippen molar-refractivity contribution in [3.8, 4) is 0 Å². The number of rotatable bonds is 47. The number of unbranched alkanes of at least 4 members (excludes halogenated alkanes) is 12. The molecule has 0 aromatic heterocycles. The summed E-state index contributed by atoms with van der Waals surface area (Å²) in [5.41, 5.74) is 3.66. The van der Waals surface area contributed by atoms with E-state index < -0.39 is 47.8 Å². The number of benzene rings is 5. The van der Waals surface area contributed by atoms with E-state index in [1.54, 1.807) is 53.1 Å². The van der Waals surface area contributed by atoms with Gasteiger partial charge < -0.3 is 0 Å². The van der Waals surface area contributed by atoms with Gasteiger partial charge in [-0.25, -0.2) is 0 Å². The molecule has 89 heavy (non-hydrogen) atoms. The zero-order valence-corrected chi connectivity index (χ0v) is 65.9. The fraction of sp³-hybridized carbons (Fsp3) is 0.634. The minimum absolute atomic E-state index is 0.467. The first-order valence-corrected chi connectivity index (χ1v) is 52.1. The molecule has 1 N–H and O–H groups in total. The molecule has 0 fully saturated rings. The fourth-order valence-electron chi connectivity index (χ4n) is 16.7. The molecular weight excluding hydrogens is 1170 g/mol. The average molecular weight is 1310 g/mol. The quantitative estimate of drug-likeness (QED) is 0.0302. The lowest BCUT2D eigenvalue weighted by Crippen LogP contribution is -2.50.